The van der Waals surface area contributed by atoms with E-state index in [0.717, 1.165) is 11.1 Å². The van der Waals surface area contributed by atoms with Gasteiger partial charge in [-0.3, -0.25) is 4.79 Å². The summed E-state index contributed by atoms with van der Waals surface area (Å²) in [5, 5.41) is 13.8. The van der Waals surface area contributed by atoms with E-state index in [1.165, 1.54) is 0 Å². The van der Waals surface area contributed by atoms with Crippen molar-refractivity contribution in [3.05, 3.63) is 69.2 Å². The van der Waals surface area contributed by atoms with Gasteiger partial charge in [0, 0.05) is 22.0 Å². The number of aliphatic hydroxyl groups excluding tert-OH is 1. The van der Waals surface area contributed by atoms with E-state index < -0.39 is 12.1 Å². The number of benzene rings is 2. The van der Waals surface area contributed by atoms with E-state index in [4.69, 9.17) is 23.2 Å². The number of rotatable bonds is 2. The number of hydrogen-bond donors (Lipinski definition) is 2. The number of hydrogen-bond acceptors (Lipinski definition) is 2. The quantitative estimate of drug-likeness (QED) is 0.890. The molecule has 2 aromatic carbocycles. The van der Waals surface area contributed by atoms with Crippen LogP contribution in [0.3, 0.4) is 0 Å². The van der Waals surface area contributed by atoms with Gasteiger partial charge in [-0.1, -0.05) is 47.5 Å². The number of carbonyl (C=O) groups excluding carboxylic acids is 1. The lowest BCUT2D eigenvalue weighted by molar-refractivity contribution is 0.0858. The highest BCUT2D eigenvalue weighted by molar-refractivity contribution is 6.35. The number of halogens is 2. The first-order valence-corrected chi connectivity index (χ1v) is 7.33. The average molecular weight is 322 g/mol. The highest BCUT2D eigenvalue weighted by Gasteiger charge is 2.32. The van der Waals surface area contributed by atoms with E-state index in [9.17, 15) is 9.90 Å². The number of carbonyl (C=O) groups is 1. The zero-order chi connectivity index (χ0) is 15.0. The van der Waals surface area contributed by atoms with Crippen LogP contribution < -0.4 is 5.32 Å². The molecule has 2 aromatic rings. The Bertz CT molecular complexity index is 682. The van der Waals surface area contributed by atoms with E-state index in [1.54, 1.807) is 18.2 Å². The number of nitrogens with one attached hydrogen (secondary N) is 1. The van der Waals surface area contributed by atoms with Gasteiger partial charge < -0.3 is 10.4 Å². The predicted molar refractivity (Wildman–Crippen MR) is 82.8 cm³/mol. The minimum absolute atomic E-state index is 0.305. The third kappa shape index (κ3) is 2.91. The average Bonchev–Trinajstić information content (AvgIpc) is 2.74. The highest BCUT2D eigenvalue weighted by Crippen LogP contribution is 2.31. The minimum Gasteiger partial charge on any atom is -0.390 e. The second-order valence-electron chi connectivity index (χ2n) is 5.08. The molecule has 108 valence electrons. The Morgan fingerprint density at radius 3 is 2.52 bits per heavy atom. The molecule has 0 fully saturated rings. The van der Waals surface area contributed by atoms with Gasteiger partial charge in [-0.15, -0.1) is 0 Å². The molecule has 1 aliphatic rings. The van der Waals surface area contributed by atoms with Crippen molar-refractivity contribution < 1.29 is 9.90 Å². The molecule has 0 bridgehead atoms. The highest BCUT2D eigenvalue weighted by atomic mass is 35.5. The van der Waals surface area contributed by atoms with Crippen molar-refractivity contribution in [2.45, 2.75) is 18.6 Å². The van der Waals surface area contributed by atoms with Crippen LogP contribution in [0.4, 0.5) is 0 Å². The third-order valence-corrected chi connectivity index (χ3v) is 4.05. The number of amides is 1. The fraction of sp³-hybridized carbons (Fsp3) is 0.188. The topological polar surface area (TPSA) is 49.3 Å². The molecule has 0 saturated heterocycles. The number of fused-ring (bicyclic) bond motifs is 1. The van der Waals surface area contributed by atoms with Gasteiger partial charge in [-0.2, -0.15) is 0 Å². The van der Waals surface area contributed by atoms with Gasteiger partial charge in [-0.05, 0) is 29.3 Å². The van der Waals surface area contributed by atoms with Gasteiger partial charge in [0.25, 0.3) is 5.91 Å². The summed E-state index contributed by atoms with van der Waals surface area (Å²) in [5.74, 6) is -0.305. The van der Waals surface area contributed by atoms with Gasteiger partial charge >= 0.3 is 0 Å². The minimum atomic E-state index is -0.624. The van der Waals surface area contributed by atoms with Crippen LogP contribution in [-0.4, -0.2) is 17.1 Å². The van der Waals surface area contributed by atoms with Crippen LogP contribution in [0.5, 0.6) is 0 Å². The van der Waals surface area contributed by atoms with Gasteiger partial charge in [-0.25, -0.2) is 0 Å². The van der Waals surface area contributed by atoms with E-state index in [0.29, 0.717) is 22.0 Å². The lowest BCUT2D eigenvalue weighted by atomic mass is 10.1. The van der Waals surface area contributed by atoms with Crippen LogP contribution >= 0.6 is 23.2 Å². The van der Waals surface area contributed by atoms with Gasteiger partial charge in [0.1, 0.15) is 0 Å². The maximum atomic E-state index is 12.3. The first kappa shape index (κ1) is 14.4. The van der Waals surface area contributed by atoms with Gasteiger partial charge in [0.15, 0.2) is 0 Å². The first-order chi connectivity index (χ1) is 10.0. The van der Waals surface area contributed by atoms with Crippen molar-refractivity contribution in [2.75, 3.05) is 0 Å². The maximum absolute atomic E-state index is 12.3. The first-order valence-electron chi connectivity index (χ1n) is 6.57. The summed E-state index contributed by atoms with van der Waals surface area (Å²) >= 11 is 11.8. The molecule has 0 spiro atoms. The lowest BCUT2D eigenvalue weighted by Gasteiger charge is -2.18. The van der Waals surface area contributed by atoms with Crippen molar-refractivity contribution in [1.29, 1.82) is 0 Å². The Morgan fingerprint density at radius 1 is 1.14 bits per heavy atom. The molecule has 0 radical (unpaired) electrons. The zero-order valence-electron chi connectivity index (χ0n) is 11.0. The molecule has 3 nitrogen and oxygen atoms in total. The van der Waals surface area contributed by atoms with Crippen molar-refractivity contribution in [2.24, 2.45) is 0 Å². The smallest absolute Gasteiger partial charge is 0.251 e. The van der Waals surface area contributed by atoms with Gasteiger partial charge in [0.05, 0.1) is 12.1 Å². The molecule has 2 unspecified atom stereocenters. The van der Waals surface area contributed by atoms with E-state index in [2.05, 4.69) is 5.32 Å². The van der Waals surface area contributed by atoms with Crippen molar-refractivity contribution >= 4 is 29.1 Å². The third-order valence-electron chi connectivity index (χ3n) is 3.62. The van der Waals surface area contributed by atoms with Crippen LogP contribution in [0.2, 0.25) is 10.0 Å². The monoisotopic (exact) mass is 321 g/mol. The van der Waals surface area contributed by atoms with Gasteiger partial charge in [0.2, 0.25) is 0 Å². The Kier molecular flexibility index (Phi) is 3.89. The van der Waals surface area contributed by atoms with E-state index in [-0.39, 0.29) is 5.91 Å². The molecule has 1 amide bonds. The zero-order valence-corrected chi connectivity index (χ0v) is 12.5. The molecular weight excluding hydrogens is 309 g/mol. The van der Waals surface area contributed by atoms with Crippen molar-refractivity contribution in [1.82, 2.24) is 5.32 Å². The standard InChI is InChI=1S/C16H13Cl2NO2/c17-11-5-10(6-12(18)8-11)16(21)19-15-13-4-2-1-3-9(13)7-14(15)20/h1-6,8,14-15,20H,7H2,(H,19,21). The maximum Gasteiger partial charge on any atom is 0.251 e. The summed E-state index contributed by atoms with van der Waals surface area (Å²) in [6, 6.07) is 12.0. The molecule has 1 aliphatic carbocycles. The molecule has 5 heteroatoms. The Hall–Kier alpha value is -1.55. The molecule has 0 aromatic heterocycles. The summed E-state index contributed by atoms with van der Waals surface area (Å²) in [6.07, 6.45) is -0.0850. The number of aliphatic hydroxyl groups is 1. The summed E-state index contributed by atoms with van der Waals surface area (Å²) < 4.78 is 0. The van der Waals surface area contributed by atoms with E-state index in [1.807, 2.05) is 24.3 Å². The lowest BCUT2D eigenvalue weighted by Crippen LogP contribution is -2.33. The fourth-order valence-electron chi connectivity index (χ4n) is 2.66. The van der Waals surface area contributed by atoms with Crippen LogP contribution in [0.25, 0.3) is 0 Å². The van der Waals surface area contributed by atoms with E-state index >= 15 is 0 Å². The normalized spacial score (nSPS) is 20.1. The summed E-state index contributed by atoms with van der Waals surface area (Å²) in [7, 11) is 0. The largest absolute Gasteiger partial charge is 0.390 e. The van der Waals surface area contributed by atoms with Crippen molar-refractivity contribution in [3.8, 4) is 0 Å². The molecule has 2 atom stereocenters. The Balaban J connectivity index is 1.85. The van der Waals surface area contributed by atoms with Crippen molar-refractivity contribution in [3.63, 3.8) is 0 Å². The molecule has 0 heterocycles. The molecule has 21 heavy (non-hydrogen) atoms. The SMILES string of the molecule is O=C(NC1c2ccccc2CC1O)c1cc(Cl)cc(Cl)c1. The second-order valence-corrected chi connectivity index (χ2v) is 5.95. The molecule has 2 N–H and O–H groups in total. The second kappa shape index (κ2) is 5.68. The predicted octanol–water partition coefficient (Wildman–Crippen LogP) is 3.38. The van der Waals surface area contributed by atoms with Crippen LogP contribution in [0, 0.1) is 0 Å². The molecule has 0 saturated carbocycles. The van der Waals surface area contributed by atoms with Crippen LogP contribution in [0.1, 0.15) is 27.5 Å². The molecule has 0 aliphatic heterocycles. The molecule has 3 rings (SSSR count). The molecular formula is C16H13Cl2NO2. The Morgan fingerprint density at radius 2 is 1.81 bits per heavy atom. The summed E-state index contributed by atoms with van der Waals surface area (Å²) in [5.41, 5.74) is 2.38. The Labute approximate surface area is 132 Å². The fourth-order valence-corrected chi connectivity index (χ4v) is 3.18. The van der Waals surface area contributed by atoms with Crippen LogP contribution in [-0.2, 0) is 6.42 Å². The summed E-state index contributed by atoms with van der Waals surface area (Å²) in [4.78, 5) is 12.3. The summed E-state index contributed by atoms with van der Waals surface area (Å²) in [6.45, 7) is 0. The van der Waals surface area contributed by atoms with Crippen LogP contribution in [0.15, 0.2) is 42.5 Å².